The molecule has 1 aliphatic rings. The van der Waals surface area contributed by atoms with Gasteiger partial charge in [-0.15, -0.1) is 0 Å². The summed E-state index contributed by atoms with van der Waals surface area (Å²) in [5.74, 6) is -1.94. The summed E-state index contributed by atoms with van der Waals surface area (Å²) in [4.78, 5) is -0.533. The molecule has 0 aliphatic carbocycles. The van der Waals surface area contributed by atoms with Crippen molar-refractivity contribution in [1.82, 2.24) is 4.31 Å². The Morgan fingerprint density at radius 2 is 2.00 bits per heavy atom. The van der Waals surface area contributed by atoms with Gasteiger partial charge in [0.15, 0.2) is 0 Å². The summed E-state index contributed by atoms with van der Waals surface area (Å²) in [6, 6.07) is 1.25. The molecule has 0 radical (unpaired) electrons. The van der Waals surface area contributed by atoms with Crippen LogP contribution in [0.2, 0.25) is 0 Å². The number of nitrogens with two attached hydrogens (primary N) is 1. The molecule has 0 bridgehead atoms. The highest BCUT2D eigenvalue weighted by Crippen LogP contribution is 2.27. The fraction of sp³-hybridized carbons (Fsp3) is 0.455. The molecular weight excluding hydrogens is 342 g/mol. The second-order valence-corrected chi connectivity index (χ2v) is 7.22. The Labute approximate surface area is 118 Å². The summed E-state index contributed by atoms with van der Waals surface area (Å²) in [5, 5.41) is 0. The van der Waals surface area contributed by atoms with Crippen molar-refractivity contribution in [2.24, 2.45) is 5.73 Å². The highest BCUT2D eigenvalue weighted by molar-refractivity contribution is 9.10. The minimum absolute atomic E-state index is 0.0891. The number of halogens is 3. The monoisotopic (exact) mass is 354 g/mol. The normalized spacial score (nSPS) is 21.6. The second-order valence-electron chi connectivity index (χ2n) is 4.46. The predicted octanol–water partition coefficient (Wildman–Crippen LogP) is 1.84. The van der Waals surface area contributed by atoms with Crippen molar-refractivity contribution < 1.29 is 17.2 Å². The highest BCUT2D eigenvalue weighted by Gasteiger charge is 2.31. The van der Waals surface area contributed by atoms with E-state index in [0.29, 0.717) is 19.0 Å². The van der Waals surface area contributed by atoms with Gasteiger partial charge in [0.1, 0.15) is 16.5 Å². The number of sulfonamides is 1. The third kappa shape index (κ3) is 2.96. The van der Waals surface area contributed by atoms with Gasteiger partial charge >= 0.3 is 0 Å². The minimum atomic E-state index is -3.98. The van der Waals surface area contributed by atoms with Crippen LogP contribution in [0.25, 0.3) is 0 Å². The maximum Gasteiger partial charge on any atom is 0.246 e. The van der Waals surface area contributed by atoms with Gasteiger partial charge < -0.3 is 5.73 Å². The number of nitrogens with zero attached hydrogens (tertiary/aromatic N) is 1. The van der Waals surface area contributed by atoms with Crippen molar-refractivity contribution in [1.29, 1.82) is 0 Å². The number of piperidine rings is 1. The maximum atomic E-state index is 13.7. The molecule has 1 aromatic carbocycles. The van der Waals surface area contributed by atoms with E-state index in [4.69, 9.17) is 5.73 Å². The van der Waals surface area contributed by atoms with Crippen LogP contribution in [0.15, 0.2) is 21.5 Å². The quantitative estimate of drug-likeness (QED) is 0.824. The van der Waals surface area contributed by atoms with E-state index in [0.717, 1.165) is 16.8 Å². The van der Waals surface area contributed by atoms with Crippen LogP contribution in [0, 0.1) is 11.6 Å². The van der Waals surface area contributed by atoms with Gasteiger partial charge in [-0.25, -0.2) is 17.2 Å². The van der Waals surface area contributed by atoms with Gasteiger partial charge in [-0.2, -0.15) is 4.31 Å². The lowest BCUT2D eigenvalue weighted by Gasteiger charge is -2.30. The van der Waals surface area contributed by atoms with E-state index in [9.17, 15) is 17.2 Å². The summed E-state index contributed by atoms with van der Waals surface area (Å²) < 4.78 is 52.5. The van der Waals surface area contributed by atoms with Crippen LogP contribution in [0.1, 0.15) is 12.8 Å². The van der Waals surface area contributed by atoms with E-state index < -0.39 is 26.6 Å². The van der Waals surface area contributed by atoms with Gasteiger partial charge in [0.2, 0.25) is 10.0 Å². The minimum Gasteiger partial charge on any atom is -0.327 e. The summed E-state index contributed by atoms with van der Waals surface area (Å²) in [7, 11) is -3.98. The molecule has 2 rings (SSSR count). The fourth-order valence-corrected chi connectivity index (χ4v) is 4.14. The first-order valence-electron chi connectivity index (χ1n) is 5.72. The van der Waals surface area contributed by atoms with Gasteiger partial charge in [-0.3, -0.25) is 0 Å². The zero-order valence-electron chi connectivity index (χ0n) is 9.94. The number of hydrogen-bond donors (Lipinski definition) is 1. The Hall–Kier alpha value is -0.570. The maximum absolute atomic E-state index is 13.7. The SMILES string of the molecule is N[C@H]1CCCN(S(=O)(=O)c2cc(Br)c(F)cc2F)C1. The van der Waals surface area contributed by atoms with Crippen molar-refractivity contribution in [2.45, 2.75) is 23.8 Å². The average Bonchev–Trinajstić information content (AvgIpc) is 2.33. The number of rotatable bonds is 2. The van der Waals surface area contributed by atoms with Gasteiger partial charge in [0.25, 0.3) is 0 Å². The first-order chi connectivity index (χ1) is 8.82. The van der Waals surface area contributed by atoms with Crippen molar-refractivity contribution in [3.8, 4) is 0 Å². The lowest BCUT2D eigenvalue weighted by Crippen LogP contribution is -2.45. The number of benzene rings is 1. The molecule has 8 heteroatoms. The molecule has 2 N–H and O–H groups in total. The van der Waals surface area contributed by atoms with Crippen LogP contribution in [0.5, 0.6) is 0 Å². The smallest absolute Gasteiger partial charge is 0.246 e. The predicted molar refractivity (Wildman–Crippen MR) is 70.0 cm³/mol. The van der Waals surface area contributed by atoms with Gasteiger partial charge in [0.05, 0.1) is 4.47 Å². The molecule has 0 aromatic heterocycles. The largest absolute Gasteiger partial charge is 0.327 e. The molecule has 0 saturated carbocycles. The lowest BCUT2D eigenvalue weighted by molar-refractivity contribution is 0.315. The lowest BCUT2D eigenvalue weighted by atomic mass is 10.1. The molecular formula is C11H13BrF2N2O2S. The fourth-order valence-electron chi connectivity index (χ4n) is 2.03. The van der Waals surface area contributed by atoms with Crippen molar-refractivity contribution in [3.63, 3.8) is 0 Å². The Morgan fingerprint density at radius 3 is 2.63 bits per heavy atom. The Bertz CT molecular complexity index is 595. The van der Waals surface area contributed by atoms with E-state index in [1.165, 1.54) is 0 Å². The molecule has 0 amide bonds. The van der Waals surface area contributed by atoms with Crippen molar-refractivity contribution in [2.75, 3.05) is 13.1 Å². The Balaban J connectivity index is 2.42. The van der Waals surface area contributed by atoms with Crippen molar-refractivity contribution >= 4 is 26.0 Å². The van der Waals surface area contributed by atoms with E-state index in [1.54, 1.807) is 0 Å². The first kappa shape index (κ1) is 14.8. The topological polar surface area (TPSA) is 63.4 Å². The standard InChI is InChI=1S/C11H13BrF2N2O2S/c12-8-4-11(10(14)5-9(8)13)19(17,18)16-3-1-2-7(15)6-16/h4-5,7H,1-3,6,15H2/t7-/m0/s1. The van der Waals surface area contributed by atoms with E-state index >= 15 is 0 Å². The molecule has 1 aromatic rings. The van der Waals surface area contributed by atoms with E-state index in [1.807, 2.05) is 0 Å². The summed E-state index contributed by atoms with van der Waals surface area (Å²) in [6.07, 6.45) is 1.37. The zero-order chi connectivity index (χ0) is 14.2. The van der Waals surface area contributed by atoms with E-state index in [2.05, 4.69) is 15.9 Å². The summed E-state index contributed by atoms with van der Waals surface area (Å²) in [5.41, 5.74) is 5.72. The molecule has 1 atom stereocenters. The van der Waals surface area contributed by atoms with Crippen LogP contribution in [-0.4, -0.2) is 31.9 Å². The van der Waals surface area contributed by atoms with Crippen LogP contribution < -0.4 is 5.73 Å². The molecule has 106 valence electrons. The summed E-state index contributed by atoms with van der Waals surface area (Å²) >= 11 is 2.86. The van der Waals surface area contributed by atoms with Gasteiger partial charge in [-0.05, 0) is 34.8 Å². The van der Waals surface area contributed by atoms with E-state index in [-0.39, 0.29) is 17.1 Å². The summed E-state index contributed by atoms with van der Waals surface area (Å²) in [6.45, 7) is 0.446. The van der Waals surface area contributed by atoms with Crippen LogP contribution in [0.4, 0.5) is 8.78 Å². The Morgan fingerprint density at radius 1 is 1.32 bits per heavy atom. The molecule has 0 spiro atoms. The molecule has 0 unspecified atom stereocenters. The molecule has 4 nitrogen and oxygen atoms in total. The molecule has 1 saturated heterocycles. The van der Waals surface area contributed by atoms with Gasteiger partial charge in [0, 0.05) is 25.2 Å². The van der Waals surface area contributed by atoms with Gasteiger partial charge in [-0.1, -0.05) is 0 Å². The number of hydrogen-bond acceptors (Lipinski definition) is 3. The molecule has 1 fully saturated rings. The second kappa shape index (κ2) is 5.43. The average molecular weight is 355 g/mol. The molecule has 1 heterocycles. The third-order valence-corrected chi connectivity index (χ3v) is 5.50. The van der Waals surface area contributed by atoms with Crippen LogP contribution >= 0.6 is 15.9 Å². The molecule has 1 aliphatic heterocycles. The molecule has 19 heavy (non-hydrogen) atoms. The first-order valence-corrected chi connectivity index (χ1v) is 7.96. The van der Waals surface area contributed by atoms with Crippen molar-refractivity contribution in [3.05, 3.63) is 28.2 Å². The van der Waals surface area contributed by atoms with Crippen LogP contribution in [0.3, 0.4) is 0 Å². The third-order valence-electron chi connectivity index (χ3n) is 3.01. The van der Waals surface area contributed by atoms with Crippen LogP contribution in [-0.2, 0) is 10.0 Å². The zero-order valence-corrected chi connectivity index (χ0v) is 12.3. The highest BCUT2D eigenvalue weighted by atomic mass is 79.9. The Kier molecular flexibility index (Phi) is 4.24.